The molecule has 1 heterocycles. The van der Waals surface area contributed by atoms with Gasteiger partial charge in [0.2, 0.25) is 0 Å². The summed E-state index contributed by atoms with van der Waals surface area (Å²) in [5.41, 5.74) is -0.623. The van der Waals surface area contributed by atoms with Gasteiger partial charge in [0.15, 0.2) is 0 Å². The number of hydrogen-bond donors (Lipinski definition) is 0. The first-order valence-corrected chi connectivity index (χ1v) is 4.16. The molecule has 0 saturated heterocycles. The first-order valence-electron chi connectivity index (χ1n) is 4.16. The molecule has 0 aliphatic carbocycles. The Balaban J connectivity index is 3.12. The van der Waals surface area contributed by atoms with Crippen LogP contribution in [-0.4, -0.2) is 18.3 Å². The maximum atomic E-state index is 12.3. The Bertz CT molecular complexity index is 367. The van der Waals surface area contributed by atoms with Crippen LogP contribution in [-0.2, 0) is 0 Å². The highest BCUT2D eigenvalue weighted by Gasteiger charge is 2.38. The minimum absolute atomic E-state index is 0.367. The molecule has 0 amide bonds. The van der Waals surface area contributed by atoms with Crippen molar-refractivity contribution in [3.63, 3.8) is 0 Å². The van der Waals surface area contributed by atoms with Crippen molar-refractivity contribution < 1.29 is 13.2 Å². The van der Waals surface area contributed by atoms with Gasteiger partial charge in [-0.2, -0.15) is 13.2 Å². The summed E-state index contributed by atoms with van der Waals surface area (Å²) < 4.78 is 40.4. The van der Waals surface area contributed by atoms with Crippen molar-refractivity contribution in [1.29, 1.82) is 0 Å². The second kappa shape index (κ2) is 3.16. The molecule has 0 saturated carbocycles. The molecule has 0 spiro atoms. The van der Waals surface area contributed by atoms with Crippen molar-refractivity contribution >= 4 is 12.1 Å². The van der Waals surface area contributed by atoms with Gasteiger partial charge in [-0.1, -0.05) is 20.8 Å². The van der Waals surface area contributed by atoms with E-state index in [4.69, 9.17) is 0 Å². The number of alkyl halides is 3. The molecule has 0 atom stereocenters. The predicted molar refractivity (Wildman–Crippen MR) is 50.3 cm³/mol. The van der Waals surface area contributed by atoms with E-state index < -0.39 is 11.7 Å². The van der Waals surface area contributed by atoms with Crippen LogP contribution >= 0.6 is 0 Å². The summed E-state index contributed by atoms with van der Waals surface area (Å²) in [4.78, 5) is 0. The van der Waals surface area contributed by atoms with Gasteiger partial charge in [0.1, 0.15) is 5.57 Å². The zero-order valence-electron chi connectivity index (χ0n) is 8.24. The van der Waals surface area contributed by atoms with Gasteiger partial charge in [0.25, 0.3) is 0 Å². The molecule has 0 bridgehead atoms. The van der Waals surface area contributed by atoms with E-state index in [0.29, 0.717) is 5.57 Å². The average Bonchev–Trinajstić information content (AvgIpc) is 2.01. The lowest BCUT2D eigenvalue weighted by Crippen LogP contribution is -2.19. The summed E-state index contributed by atoms with van der Waals surface area (Å²) in [6, 6.07) is 0. The fourth-order valence-corrected chi connectivity index (χ4v) is 0.936. The first-order chi connectivity index (χ1) is 6.21. The lowest BCUT2D eigenvalue weighted by Gasteiger charge is -2.16. The van der Waals surface area contributed by atoms with E-state index >= 15 is 0 Å². The summed E-state index contributed by atoms with van der Waals surface area (Å²) >= 11 is 0. The zero-order valence-corrected chi connectivity index (χ0v) is 8.24. The van der Waals surface area contributed by atoms with Crippen LogP contribution in [0.3, 0.4) is 0 Å². The lowest BCUT2D eigenvalue weighted by molar-refractivity contribution is -0.0857. The quantitative estimate of drug-likeness (QED) is 0.535. The largest absolute Gasteiger partial charge is 0.423 e. The van der Waals surface area contributed by atoms with Crippen LogP contribution < -0.4 is 4.67 Å². The standard InChI is InChI=1S/C10H11F3N/c1-9(2,3)7-4-8(6-14-5-7)10(11,12)13/h4,6H,1-3H3/q+1. The fraction of sp³-hybridized carbons (Fsp3) is 0.500. The molecule has 4 heteroatoms. The van der Waals surface area contributed by atoms with E-state index in [1.165, 1.54) is 0 Å². The van der Waals surface area contributed by atoms with Crippen molar-refractivity contribution in [3.8, 4) is 0 Å². The number of allylic oxidation sites excluding steroid dienone is 3. The molecule has 0 fully saturated rings. The van der Waals surface area contributed by atoms with E-state index in [0.717, 1.165) is 12.3 Å². The van der Waals surface area contributed by atoms with E-state index in [1.54, 1.807) is 0 Å². The van der Waals surface area contributed by atoms with E-state index in [1.807, 2.05) is 20.8 Å². The van der Waals surface area contributed by atoms with Crippen molar-refractivity contribution in [2.45, 2.75) is 26.9 Å². The smallest absolute Gasteiger partial charge is 0.166 e. The highest BCUT2D eigenvalue weighted by molar-refractivity contribution is 5.87. The fourth-order valence-electron chi connectivity index (χ4n) is 0.936. The number of halogens is 3. The van der Waals surface area contributed by atoms with Crippen LogP contribution in [0.15, 0.2) is 17.2 Å². The molecule has 0 radical (unpaired) electrons. The summed E-state index contributed by atoms with van der Waals surface area (Å²) in [6.07, 6.45) is -2.45. The molecule has 1 aliphatic heterocycles. The molecular formula is C10H11F3N+. The molecule has 1 rings (SSSR count). The number of nitrogens with zero attached hydrogens (tertiary/aromatic N) is 1. The van der Waals surface area contributed by atoms with E-state index in [9.17, 15) is 13.2 Å². The Morgan fingerprint density at radius 1 is 1.21 bits per heavy atom. The highest BCUT2D eigenvalue weighted by Crippen LogP contribution is 2.30. The Morgan fingerprint density at radius 2 is 1.79 bits per heavy atom. The van der Waals surface area contributed by atoms with Gasteiger partial charge < -0.3 is 0 Å². The molecule has 1 aliphatic rings. The number of hydrogen-bond acceptors (Lipinski definition) is 0. The molecule has 0 unspecified atom stereocenters. The van der Waals surface area contributed by atoms with Gasteiger partial charge in [0.05, 0.1) is 5.57 Å². The molecular weight excluding hydrogens is 191 g/mol. The Morgan fingerprint density at radius 3 is 2.21 bits per heavy atom. The van der Waals surface area contributed by atoms with Crippen LogP contribution in [0.1, 0.15) is 20.8 Å². The van der Waals surface area contributed by atoms with E-state index in [2.05, 4.69) is 10.5 Å². The topological polar surface area (TPSA) is 14.1 Å². The Labute approximate surface area is 80.4 Å². The van der Waals surface area contributed by atoms with Crippen LogP contribution in [0.5, 0.6) is 0 Å². The van der Waals surface area contributed by atoms with Crippen molar-refractivity contribution in [1.82, 2.24) is 4.67 Å². The Kier molecular flexibility index (Phi) is 2.45. The van der Waals surface area contributed by atoms with Gasteiger partial charge >= 0.3 is 18.3 Å². The second-order valence-corrected chi connectivity index (χ2v) is 4.13. The molecule has 0 aromatic heterocycles. The molecule has 14 heavy (non-hydrogen) atoms. The maximum Gasteiger partial charge on any atom is 0.423 e. The lowest BCUT2D eigenvalue weighted by atomic mass is 9.86. The van der Waals surface area contributed by atoms with Gasteiger partial charge in [-0.15, -0.1) is 0 Å². The highest BCUT2D eigenvalue weighted by atomic mass is 19.4. The molecule has 76 valence electrons. The zero-order chi connectivity index (χ0) is 11.0. The van der Waals surface area contributed by atoms with Crippen LogP contribution in [0.2, 0.25) is 0 Å². The Hall–Kier alpha value is -1.24. The third-order valence-corrected chi connectivity index (χ3v) is 1.82. The van der Waals surface area contributed by atoms with Gasteiger partial charge in [-0.25, -0.2) is 0 Å². The maximum absolute atomic E-state index is 12.3. The molecule has 0 aromatic carbocycles. The normalized spacial score (nSPS) is 16.7. The SMILES string of the molecule is CC(C)(C)C1=C=[N+]=CC(C(F)(F)F)=C1. The molecule has 0 aromatic rings. The van der Waals surface area contributed by atoms with Crippen LogP contribution in [0.25, 0.3) is 0 Å². The monoisotopic (exact) mass is 202 g/mol. The molecule has 0 N–H and O–H groups in total. The van der Waals surface area contributed by atoms with Crippen molar-refractivity contribution in [2.24, 2.45) is 5.41 Å². The van der Waals surface area contributed by atoms with Gasteiger partial charge in [0, 0.05) is 5.41 Å². The predicted octanol–water partition coefficient (Wildman–Crippen LogP) is 2.27. The third-order valence-electron chi connectivity index (χ3n) is 1.82. The van der Waals surface area contributed by atoms with E-state index in [-0.39, 0.29) is 5.41 Å². The minimum Gasteiger partial charge on any atom is -0.166 e. The van der Waals surface area contributed by atoms with Gasteiger partial charge in [-0.3, -0.25) is 0 Å². The third kappa shape index (κ3) is 2.38. The average molecular weight is 202 g/mol. The first kappa shape index (κ1) is 10.8. The van der Waals surface area contributed by atoms with Crippen molar-refractivity contribution in [2.75, 3.05) is 0 Å². The van der Waals surface area contributed by atoms with Crippen LogP contribution in [0, 0.1) is 5.41 Å². The van der Waals surface area contributed by atoms with Crippen molar-refractivity contribution in [3.05, 3.63) is 17.2 Å². The van der Waals surface area contributed by atoms with Gasteiger partial charge in [-0.05, 0) is 10.7 Å². The summed E-state index contributed by atoms with van der Waals surface area (Å²) in [7, 11) is 0. The molecule has 1 nitrogen and oxygen atoms in total. The van der Waals surface area contributed by atoms with Crippen LogP contribution in [0.4, 0.5) is 13.2 Å². The minimum atomic E-state index is -4.33. The summed E-state index contributed by atoms with van der Waals surface area (Å²) in [5.74, 6) is 2.57. The summed E-state index contributed by atoms with van der Waals surface area (Å²) in [5, 5.41) is 0. The second-order valence-electron chi connectivity index (χ2n) is 4.13. The number of rotatable bonds is 0. The summed E-state index contributed by atoms with van der Waals surface area (Å²) in [6.45, 7) is 5.46.